The van der Waals surface area contributed by atoms with Gasteiger partial charge in [-0.1, -0.05) is 118 Å². The number of nitrogens with one attached hydrogen (secondary N) is 1. The molecular formula is C41H56N2O4. The van der Waals surface area contributed by atoms with Gasteiger partial charge in [0.2, 0.25) is 0 Å². The van der Waals surface area contributed by atoms with Crippen LogP contribution >= 0.6 is 0 Å². The predicted molar refractivity (Wildman–Crippen MR) is 197 cm³/mol. The highest BCUT2D eigenvalue weighted by Gasteiger charge is 2.29. The van der Waals surface area contributed by atoms with Crippen molar-refractivity contribution in [1.82, 2.24) is 0 Å². The molecule has 3 aromatic rings. The van der Waals surface area contributed by atoms with E-state index >= 15 is 0 Å². The highest BCUT2D eigenvalue weighted by molar-refractivity contribution is 6.01. The zero-order valence-corrected chi connectivity index (χ0v) is 30.1. The zero-order chi connectivity index (χ0) is 35.3. The lowest BCUT2D eigenvalue weighted by Crippen LogP contribution is -2.33. The van der Waals surface area contributed by atoms with E-state index in [1.807, 2.05) is 37.3 Å². The molecule has 3 aromatic carbocycles. The van der Waals surface area contributed by atoms with Crippen LogP contribution in [-0.4, -0.2) is 22.0 Å². The van der Waals surface area contributed by atoms with E-state index in [2.05, 4.69) is 86.3 Å². The number of carbonyl (C=O) groups is 1. The molecule has 254 valence electrons. The number of Topliss-reactive ketones (excluding diaryl/α,β-unsaturated/α-hetero) is 1. The summed E-state index contributed by atoms with van der Waals surface area (Å²) in [5, 5.41) is 24.3. The van der Waals surface area contributed by atoms with E-state index in [0.717, 1.165) is 40.3 Å². The van der Waals surface area contributed by atoms with E-state index in [4.69, 9.17) is 10.5 Å². The Morgan fingerprint density at radius 1 is 0.979 bits per heavy atom. The van der Waals surface area contributed by atoms with Crippen LogP contribution in [0.2, 0.25) is 0 Å². The smallest absolute Gasteiger partial charge is 0.168 e. The molecule has 0 bridgehead atoms. The molecule has 5 N–H and O–H groups in total. The quantitative estimate of drug-likeness (QED) is 0.105. The molecule has 1 heterocycles. The number of allylic oxidation sites excluding steroid dienone is 1. The van der Waals surface area contributed by atoms with Gasteiger partial charge >= 0.3 is 0 Å². The maximum atomic E-state index is 13.5. The van der Waals surface area contributed by atoms with Gasteiger partial charge in [0, 0.05) is 29.2 Å². The fourth-order valence-corrected chi connectivity index (χ4v) is 5.48. The van der Waals surface area contributed by atoms with Crippen molar-refractivity contribution in [1.29, 1.82) is 0 Å². The number of nitrogens with two attached hydrogens (primary N) is 1. The number of aromatic hydroxyl groups is 1. The maximum Gasteiger partial charge on any atom is 0.168 e. The average molecular weight is 641 g/mol. The molecule has 0 radical (unpaired) electrons. The van der Waals surface area contributed by atoms with Crippen LogP contribution in [0.5, 0.6) is 11.5 Å². The average Bonchev–Trinajstić information content (AvgIpc) is 2.98. The Kier molecular flexibility index (Phi) is 12.1. The van der Waals surface area contributed by atoms with Gasteiger partial charge in [-0.3, -0.25) is 4.79 Å². The number of hydrogen-bond donors (Lipinski definition) is 4. The van der Waals surface area contributed by atoms with Crippen molar-refractivity contribution < 1.29 is 19.7 Å². The van der Waals surface area contributed by atoms with Gasteiger partial charge in [-0.25, -0.2) is 0 Å². The normalized spacial score (nSPS) is 14.9. The summed E-state index contributed by atoms with van der Waals surface area (Å²) in [7, 11) is 0. The van der Waals surface area contributed by atoms with Crippen LogP contribution < -0.4 is 15.8 Å². The summed E-state index contributed by atoms with van der Waals surface area (Å²) in [5.41, 5.74) is 11.8. The van der Waals surface area contributed by atoms with E-state index in [0.29, 0.717) is 40.5 Å². The summed E-state index contributed by atoms with van der Waals surface area (Å²) < 4.78 is 6.30. The third-order valence-corrected chi connectivity index (χ3v) is 8.11. The standard InChI is InChI=1S/C37H46N2O4.C4H10/c1-22(12-13-24-18-29(36(3,4)5)35(42)30(19-24)37(6,7)8)43-32-11-9-10-25-15-17-31(39-33(25)32)23(2)34(41)28-20-27(38)16-14-26(28)21-40;1-4(2)3/h9-11,14-20,23,31,39-40,42H,1,12-13,21,38H2,2-8H3;4H,1-3H3. The number of benzene rings is 3. The summed E-state index contributed by atoms with van der Waals surface area (Å²) in [5.74, 6) is 1.96. The number of carbonyl (C=O) groups excluding carboxylic acids is 1. The number of ketones is 1. The number of fused-ring (bicyclic) bond motifs is 1. The molecule has 6 nitrogen and oxygen atoms in total. The summed E-state index contributed by atoms with van der Waals surface area (Å²) in [6.45, 7) is 25.0. The largest absolute Gasteiger partial charge is 0.507 e. The molecule has 0 amide bonds. The SMILES string of the molecule is C=C(CCc1cc(C(C)(C)C)c(O)c(C(C)(C)C)c1)Oc1cccc2c1NC(C(C)C(=O)c1cc(N)ccc1CO)C=C2.CC(C)C. The summed E-state index contributed by atoms with van der Waals surface area (Å²) in [6, 6.07) is 14.8. The Morgan fingerprint density at radius 3 is 2.13 bits per heavy atom. The van der Waals surface area contributed by atoms with E-state index in [-0.39, 0.29) is 29.3 Å². The molecule has 0 spiro atoms. The number of hydrogen-bond acceptors (Lipinski definition) is 6. The summed E-state index contributed by atoms with van der Waals surface area (Å²) >= 11 is 0. The fourth-order valence-electron chi connectivity index (χ4n) is 5.48. The van der Waals surface area contributed by atoms with Crippen LogP contribution in [0, 0.1) is 11.8 Å². The number of rotatable bonds is 9. The Hall–Kier alpha value is -4.03. The topological polar surface area (TPSA) is 105 Å². The number of para-hydroxylation sites is 1. The molecule has 1 aliphatic rings. The van der Waals surface area contributed by atoms with Crippen molar-refractivity contribution in [2.24, 2.45) is 11.8 Å². The fraction of sp³-hybridized carbons (Fsp3) is 0.439. The van der Waals surface area contributed by atoms with Crippen molar-refractivity contribution in [3.05, 3.63) is 100 Å². The highest BCUT2D eigenvalue weighted by Crippen LogP contribution is 2.41. The number of aliphatic hydroxyl groups excluding tert-OH is 1. The van der Waals surface area contributed by atoms with Crippen LogP contribution in [0.3, 0.4) is 0 Å². The molecule has 2 atom stereocenters. The first-order valence-electron chi connectivity index (χ1n) is 16.7. The Labute approximate surface area is 282 Å². The molecule has 2 unspecified atom stereocenters. The van der Waals surface area contributed by atoms with Gasteiger partial charge in [-0.15, -0.1) is 0 Å². The van der Waals surface area contributed by atoms with Crippen molar-refractivity contribution in [3.63, 3.8) is 0 Å². The van der Waals surface area contributed by atoms with Crippen LogP contribution in [0.25, 0.3) is 6.08 Å². The number of ether oxygens (including phenoxy) is 1. The second-order valence-corrected chi connectivity index (χ2v) is 15.4. The lowest BCUT2D eigenvalue weighted by Gasteiger charge is -2.29. The minimum absolute atomic E-state index is 0.0945. The van der Waals surface area contributed by atoms with Gasteiger partial charge in [0.05, 0.1) is 24.1 Å². The van der Waals surface area contributed by atoms with E-state index < -0.39 is 5.92 Å². The first-order valence-corrected chi connectivity index (χ1v) is 16.7. The number of aryl methyl sites for hydroxylation is 1. The molecule has 0 saturated carbocycles. The molecule has 4 rings (SSSR count). The highest BCUT2D eigenvalue weighted by atomic mass is 16.5. The van der Waals surface area contributed by atoms with Crippen LogP contribution in [0.1, 0.15) is 114 Å². The minimum atomic E-state index is -0.420. The van der Waals surface area contributed by atoms with Gasteiger partial charge in [-0.05, 0) is 63.6 Å². The Morgan fingerprint density at radius 2 is 1.57 bits per heavy atom. The lowest BCUT2D eigenvalue weighted by atomic mass is 9.78. The second-order valence-electron chi connectivity index (χ2n) is 15.4. The maximum absolute atomic E-state index is 13.5. The second kappa shape index (κ2) is 15.2. The van der Waals surface area contributed by atoms with Gasteiger partial charge in [-0.2, -0.15) is 0 Å². The first kappa shape index (κ1) is 37.4. The van der Waals surface area contributed by atoms with Crippen LogP contribution in [0.4, 0.5) is 11.4 Å². The van der Waals surface area contributed by atoms with E-state index in [9.17, 15) is 15.0 Å². The minimum Gasteiger partial charge on any atom is -0.507 e. The number of nitrogen functional groups attached to an aromatic ring is 1. The molecule has 0 fully saturated rings. The third-order valence-electron chi connectivity index (χ3n) is 8.11. The lowest BCUT2D eigenvalue weighted by molar-refractivity contribution is 0.0922. The first-order chi connectivity index (χ1) is 21.8. The van der Waals surface area contributed by atoms with Crippen LogP contribution in [-0.2, 0) is 23.9 Å². The van der Waals surface area contributed by atoms with E-state index in [1.54, 1.807) is 18.2 Å². The molecule has 0 aliphatic carbocycles. The van der Waals surface area contributed by atoms with Gasteiger partial charge in [0.25, 0.3) is 0 Å². The van der Waals surface area contributed by atoms with Crippen molar-refractivity contribution in [2.75, 3.05) is 11.1 Å². The summed E-state index contributed by atoms with van der Waals surface area (Å²) in [6.07, 6.45) is 5.31. The number of phenols is 1. The summed E-state index contributed by atoms with van der Waals surface area (Å²) in [4.78, 5) is 13.5. The van der Waals surface area contributed by atoms with Gasteiger partial charge in [0.15, 0.2) is 11.5 Å². The number of anilines is 2. The molecule has 47 heavy (non-hydrogen) atoms. The molecule has 0 saturated heterocycles. The monoisotopic (exact) mass is 640 g/mol. The van der Waals surface area contributed by atoms with Gasteiger partial charge in [0.1, 0.15) is 5.75 Å². The Bertz CT molecular complexity index is 1570. The molecule has 6 heteroatoms. The Balaban J connectivity index is 0.00000142. The van der Waals surface area contributed by atoms with Crippen molar-refractivity contribution >= 4 is 23.2 Å². The van der Waals surface area contributed by atoms with Crippen molar-refractivity contribution in [3.8, 4) is 11.5 Å². The zero-order valence-electron chi connectivity index (χ0n) is 30.1. The number of aliphatic hydroxyl groups is 1. The number of phenolic OH excluding ortho intramolecular Hbond substituents is 1. The predicted octanol–water partition coefficient (Wildman–Crippen LogP) is 9.58. The molecular weight excluding hydrogens is 584 g/mol. The third kappa shape index (κ3) is 9.74. The van der Waals surface area contributed by atoms with E-state index in [1.165, 1.54) is 0 Å². The van der Waals surface area contributed by atoms with Gasteiger partial charge < -0.3 is 26.0 Å². The van der Waals surface area contributed by atoms with Crippen LogP contribution in [0.15, 0.2) is 66.9 Å². The molecule has 1 aliphatic heterocycles. The molecule has 0 aromatic heterocycles. The van der Waals surface area contributed by atoms with Crippen molar-refractivity contribution in [2.45, 2.75) is 106 Å².